The van der Waals surface area contributed by atoms with Crippen molar-refractivity contribution in [1.82, 2.24) is 15.5 Å². The van der Waals surface area contributed by atoms with Gasteiger partial charge >= 0.3 is 6.03 Å². The number of imide groups is 1. The van der Waals surface area contributed by atoms with Crippen LogP contribution in [0.2, 0.25) is 0 Å². The predicted molar refractivity (Wildman–Crippen MR) is 111 cm³/mol. The van der Waals surface area contributed by atoms with E-state index in [0.717, 1.165) is 42.0 Å². The molecule has 1 unspecified atom stereocenters. The number of rotatable bonds is 6. The summed E-state index contributed by atoms with van der Waals surface area (Å²) in [5, 5.41) is 8.19. The minimum absolute atomic E-state index is 0.0759. The summed E-state index contributed by atoms with van der Waals surface area (Å²) in [4.78, 5) is 38.6. The van der Waals surface area contributed by atoms with Gasteiger partial charge in [-0.2, -0.15) is 0 Å². The Morgan fingerprint density at radius 3 is 2.66 bits per heavy atom. The molecule has 2 aromatic carbocycles. The number of hydrogen-bond donors (Lipinski definition) is 2. The molecule has 1 saturated heterocycles. The molecule has 29 heavy (non-hydrogen) atoms. The number of nitrogens with one attached hydrogen (secondary N) is 2. The summed E-state index contributed by atoms with van der Waals surface area (Å²) >= 11 is 0. The maximum absolute atomic E-state index is 12.6. The first-order chi connectivity index (χ1) is 14.0. The van der Waals surface area contributed by atoms with Crippen molar-refractivity contribution in [3.8, 4) is 0 Å². The molecule has 2 aliphatic rings. The minimum Gasteiger partial charge on any atom is -0.350 e. The van der Waals surface area contributed by atoms with Crippen molar-refractivity contribution >= 4 is 28.6 Å². The lowest BCUT2D eigenvalue weighted by Crippen LogP contribution is -2.44. The normalized spacial score (nSPS) is 19.0. The van der Waals surface area contributed by atoms with Crippen molar-refractivity contribution in [2.24, 2.45) is 0 Å². The first kappa shape index (κ1) is 19.4. The number of carbonyl (C=O) groups excluding carboxylic acids is 3. The van der Waals surface area contributed by atoms with Gasteiger partial charge < -0.3 is 10.6 Å². The Hall–Kier alpha value is -2.89. The van der Waals surface area contributed by atoms with Gasteiger partial charge in [-0.15, -0.1) is 0 Å². The lowest BCUT2D eigenvalue weighted by Gasteiger charge is -2.20. The van der Waals surface area contributed by atoms with Gasteiger partial charge in [0.05, 0.1) is 6.04 Å². The van der Waals surface area contributed by atoms with Crippen LogP contribution >= 0.6 is 0 Å². The monoisotopic (exact) mass is 393 g/mol. The van der Waals surface area contributed by atoms with Gasteiger partial charge in [-0.05, 0) is 42.5 Å². The lowest BCUT2D eigenvalue weighted by atomic mass is 9.98. The molecular weight excluding hydrogens is 366 g/mol. The van der Waals surface area contributed by atoms with Crippen LogP contribution < -0.4 is 10.6 Å². The standard InChI is InChI=1S/C23H27N3O3/c1-16(18-11-6-9-17-8-2-3-10-19(17)18)24-20(27)12-7-15-26-21(28)23(25-22(26)29)13-4-5-14-23/h2-3,6,8-11,16H,4-5,7,12-15H2,1H3,(H,24,27)(H,25,29). The molecule has 4 rings (SSSR count). The number of urea groups is 1. The molecule has 1 aliphatic heterocycles. The fraction of sp³-hybridized carbons (Fsp3) is 0.435. The summed E-state index contributed by atoms with van der Waals surface area (Å²) in [7, 11) is 0. The fourth-order valence-corrected chi connectivity index (χ4v) is 4.61. The number of hydrogen-bond acceptors (Lipinski definition) is 3. The molecule has 4 amide bonds. The number of fused-ring (bicyclic) bond motifs is 1. The topological polar surface area (TPSA) is 78.5 Å². The molecule has 0 bridgehead atoms. The predicted octanol–water partition coefficient (Wildman–Crippen LogP) is 3.66. The van der Waals surface area contributed by atoms with E-state index in [1.165, 1.54) is 4.90 Å². The second-order valence-electron chi connectivity index (χ2n) is 8.14. The number of nitrogens with zero attached hydrogens (tertiary/aromatic N) is 1. The van der Waals surface area contributed by atoms with E-state index < -0.39 is 5.54 Å². The second kappa shape index (κ2) is 7.85. The Balaban J connectivity index is 1.31. The number of benzene rings is 2. The summed E-state index contributed by atoms with van der Waals surface area (Å²) in [5.74, 6) is -0.197. The van der Waals surface area contributed by atoms with Crippen molar-refractivity contribution in [3.63, 3.8) is 0 Å². The molecule has 6 heteroatoms. The van der Waals surface area contributed by atoms with E-state index >= 15 is 0 Å². The molecule has 6 nitrogen and oxygen atoms in total. The summed E-state index contributed by atoms with van der Waals surface area (Å²) in [6, 6.07) is 13.8. The van der Waals surface area contributed by atoms with Crippen LogP contribution in [-0.4, -0.2) is 34.8 Å². The van der Waals surface area contributed by atoms with Crippen LogP contribution in [0.5, 0.6) is 0 Å². The van der Waals surface area contributed by atoms with Gasteiger partial charge in [0.25, 0.3) is 5.91 Å². The van der Waals surface area contributed by atoms with E-state index in [1.807, 2.05) is 31.2 Å². The lowest BCUT2D eigenvalue weighted by molar-refractivity contribution is -0.131. The molecule has 1 aliphatic carbocycles. The van der Waals surface area contributed by atoms with Gasteiger partial charge in [0, 0.05) is 13.0 Å². The summed E-state index contributed by atoms with van der Waals surface area (Å²) < 4.78 is 0. The summed E-state index contributed by atoms with van der Waals surface area (Å²) in [6.45, 7) is 2.25. The summed E-state index contributed by atoms with van der Waals surface area (Å²) in [5.41, 5.74) is 0.399. The molecule has 152 valence electrons. The third kappa shape index (κ3) is 3.71. The second-order valence-corrected chi connectivity index (χ2v) is 8.14. The van der Waals surface area contributed by atoms with Crippen LogP contribution in [0.15, 0.2) is 42.5 Å². The van der Waals surface area contributed by atoms with Gasteiger partial charge in [-0.25, -0.2) is 4.79 Å². The van der Waals surface area contributed by atoms with Crippen LogP contribution in [0.4, 0.5) is 4.79 Å². The minimum atomic E-state index is -0.678. The van der Waals surface area contributed by atoms with Gasteiger partial charge in [-0.3, -0.25) is 14.5 Å². The molecule has 1 heterocycles. The van der Waals surface area contributed by atoms with Gasteiger partial charge in [0.15, 0.2) is 0 Å². The van der Waals surface area contributed by atoms with Crippen LogP contribution in [0, 0.1) is 0 Å². The maximum Gasteiger partial charge on any atom is 0.325 e. The fourth-order valence-electron chi connectivity index (χ4n) is 4.61. The first-order valence-electron chi connectivity index (χ1n) is 10.4. The zero-order valence-corrected chi connectivity index (χ0v) is 16.7. The third-order valence-electron chi connectivity index (χ3n) is 6.16. The Morgan fingerprint density at radius 2 is 1.86 bits per heavy atom. The van der Waals surface area contributed by atoms with Crippen molar-refractivity contribution in [2.45, 2.75) is 57.0 Å². The molecule has 1 saturated carbocycles. The third-order valence-corrected chi connectivity index (χ3v) is 6.16. The van der Waals surface area contributed by atoms with Crippen LogP contribution in [-0.2, 0) is 9.59 Å². The van der Waals surface area contributed by atoms with E-state index in [1.54, 1.807) is 0 Å². The zero-order chi connectivity index (χ0) is 20.4. The van der Waals surface area contributed by atoms with Gasteiger partial charge in [0.2, 0.25) is 5.91 Å². The molecule has 1 atom stereocenters. The first-order valence-corrected chi connectivity index (χ1v) is 10.4. The molecule has 2 aromatic rings. The highest BCUT2D eigenvalue weighted by atomic mass is 16.2. The average Bonchev–Trinajstić information content (AvgIpc) is 3.27. The van der Waals surface area contributed by atoms with E-state index in [2.05, 4.69) is 28.8 Å². The highest BCUT2D eigenvalue weighted by Gasteiger charge is 2.52. The Kier molecular flexibility index (Phi) is 5.26. The molecule has 2 N–H and O–H groups in total. The molecule has 0 aromatic heterocycles. The van der Waals surface area contributed by atoms with E-state index in [-0.39, 0.29) is 36.9 Å². The van der Waals surface area contributed by atoms with Crippen molar-refractivity contribution < 1.29 is 14.4 Å². The molecule has 2 fully saturated rings. The molecule has 1 spiro atoms. The Bertz CT molecular complexity index is 944. The Labute approximate surface area is 170 Å². The molecule has 0 radical (unpaired) electrons. The molecular formula is C23H27N3O3. The van der Waals surface area contributed by atoms with Gasteiger partial charge in [0.1, 0.15) is 5.54 Å². The maximum atomic E-state index is 12.6. The van der Waals surface area contributed by atoms with E-state index in [9.17, 15) is 14.4 Å². The van der Waals surface area contributed by atoms with Crippen molar-refractivity contribution in [2.75, 3.05) is 6.54 Å². The highest BCUT2D eigenvalue weighted by molar-refractivity contribution is 6.07. The van der Waals surface area contributed by atoms with Crippen molar-refractivity contribution in [1.29, 1.82) is 0 Å². The smallest absolute Gasteiger partial charge is 0.325 e. The zero-order valence-electron chi connectivity index (χ0n) is 16.7. The Morgan fingerprint density at radius 1 is 1.14 bits per heavy atom. The number of carbonyl (C=O) groups is 3. The van der Waals surface area contributed by atoms with E-state index in [4.69, 9.17) is 0 Å². The van der Waals surface area contributed by atoms with Crippen LogP contribution in [0.3, 0.4) is 0 Å². The number of amides is 4. The average molecular weight is 393 g/mol. The van der Waals surface area contributed by atoms with Gasteiger partial charge in [-0.1, -0.05) is 55.3 Å². The van der Waals surface area contributed by atoms with Crippen LogP contribution in [0.25, 0.3) is 10.8 Å². The van der Waals surface area contributed by atoms with E-state index in [0.29, 0.717) is 6.42 Å². The van der Waals surface area contributed by atoms with Crippen LogP contribution in [0.1, 0.15) is 57.1 Å². The SMILES string of the molecule is CC(NC(=O)CCCN1C(=O)NC2(CCCC2)C1=O)c1cccc2ccccc12. The largest absolute Gasteiger partial charge is 0.350 e. The quantitative estimate of drug-likeness (QED) is 0.735. The highest BCUT2D eigenvalue weighted by Crippen LogP contribution is 2.35. The summed E-state index contributed by atoms with van der Waals surface area (Å²) in [6.07, 6.45) is 4.11. The van der Waals surface area contributed by atoms with Crippen molar-refractivity contribution in [3.05, 3.63) is 48.0 Å².